The van der Waals surface area contributed by atoms with E-state index < -0.39 is 0 Å². The van der Waals surface area contributed by atoms with Crippen molar-refractivity contribution in [2.24, 2.45) is 11.3 Å². The van der Waals surface area contributed by atoms with Crippen LogP contribution < -0.4 is 5.32 Å². The van der Waals surface area contributed by atoms with E-state index in [-0.39, 0.29) is 0 Å². The number of piperidine rings is 1. The van der Waals surface area contributed by atoms with Crippen molar-refractivity contribution in [1.82, 2.24) is 10.2 Å². The Bertz CT molecular complexity index is 193. The van der Waals surface area contributed by atoms with Crippen LogP contribution in [0.2, 0.25) is 0 Å². The SMILES string of the molecule is CN(CC1CCC1)CC1(C)CCCNC1. The Morgan fingerprint density at radius 1 is 1.33 bits per heavy atom. The molecule has 1 saturated heterocycles. The Balaban J connectivity index is 1.73. The molecule has 1 aliphatic carbocycles. The molecule has 1 unspecified atom stereocenters. The number of nitrogens with one attached hydrogen (secondary N) is 1. The van der Waals surface area contributed by atoms with E-state index in [0.717, 1.165) is 5.92 Å². The van der Waals surface area contributed by atoms with Crippen molar-refractivity contribution in [2.45, 2.75) is 39.0 Å². The van der Waals surface area contributed by atoms with Gasteiger partial charge in [0.2, 0.25) is 0 Å². The molecule has 1 N–H and O–H groups in total. The lowest BCUT2D eigenvalue weighted by molar-refractivity contribution is 0.122. The van der Waals surface area contributed by atoms with Crippen molar-refractivity contribution in [3.8, 4) is 0 Å². The van der Waals surface area contributed by atoms with Gasteiger partial charge in [-0.25, -0.2) is 0 Å². The van der Waals surface area contributed by atoms with Crippen LogP contribution in [0, 0.1) is 11.3 Å². The molecule has 1 saturated carbocycles. The van der Waals surface area contributed by atoms with Crippen molar-refractivity contribution < 1.29 is 0 Å². The highest BCUT2D eigenvalue weighted by molar-refractivity contribution is 4.84. The summed E-state index contributed by atoms with van der Waals surface area (Å²) < 4.78 is 0. The van der Waals surface area contributed by atoms with Crippen LogP contribution in [0.3, 0.4) is 0 Å². The summed E-state index contributed by atoms with van der Waals surface area (Å²) in [5.41, 5.74) is 0.525. The van der Waals surface area contributed by atoms with Crippen LogP contribution in [0.4, 0.5) is 0 Å². The van der Waals surface area contributed by atoms with Crippen molar-refractivity contribution in [3.63, 3.8) is 0 Å². The van der Waals surface area contributed by atoms with Crippen molar-refractivity contribution in [3.05, 3.63) is 0 Å². The topological polar surface area (TPSA) is 15.3 Å². The summed E-state index contributed by atoms with van der Waals surface area (Å²) in [4.78, 5) is 2.57. The molecule has 2 nitrogen and oxygen atoms in total. The molecule has 2 aliphatic rings. The van der Waals surface area contributed by atoms with Gasteiger partial charge >= 0.3 is 0 Å². The van der Waals surface area contributed by atoms with Crippen LogP contribution in [-0.4, -0.2) is 38.1 Å². The van der Waals surface area contributed by atoms with Gasteiger partial charge in [-0.3, -0.25) is 0 Å². The minimum absolute atomic E-state index is 0.525. The van der Waals surface area contributed by atoms with Gasteiger partial charge in [-0.15, -0.1) is 0 Å². The first-order chi connectivity index (χ1) is 7.18. The van der Waals surface area contributed by atoms with E-state index in [0.29, 0.717) is 5.41 Å². The quantitative estimate of drug-likeness (QED) is 0.764. The number of nitrogens with zero attached hydrogens (tertiary/aromatic N) is 1. The van der Waals surface area contributed by atoms with Crippen LogP contribution in [0.15, 0.2) is 0 Å². The van der Waals surface area contributed by atoms with Gasteiger partial charge in [-0.2, -0.15) is 0 Å². The Kier molecular flexibility index (Phi) is 3.68. The van der Waals surface area contributed by atoms with E-state index in [1.807, 2.05) is 0 Å². The van der Waals surface area contributed by atoms with E-state index in [1.54, 1.807) is 0 Å². The second kappa shape index (κ2) is 4.84. The largest absolute Gasteiger partial charge is 0.316 e. The Labute approximate surface area is 94.4 Å². The summed E-state index contributed by atoms with van der Waals surface area (Å²) in [5.74, 6) is 1.01. The Hall–Kier alpha value is -0.0800. The van der Waals surface area contributed by atoms with Gasteiger partial charge in [0.15, 0.2) is 0 Å². The minimum atomic E-state index is 0.525. The zero-order valence-electron chi connectivity index (χ0n) is 10.4. The monoisotopic (exact) mass is 210 g/mol. The van der Waals surface area contributed by atoms with Gasteiger partial charge in [0, 0.05) is 19.6 Å². The van der Waals surface area contributed by atoms with Crippen molar-refractivity contribution >= 4 is 0 Å². The molecule has 0 aromatic heterocycles. The van der Waals surface area contributed by atoms with Gasteiger partial charge in [-0.1, -0.05) is 13.3 Å². The third-order valence-corrected chi connectivity index (χ3v) is 4.13. The highest BCUT2D eigenvalue weighted by Gasteiger charge is 2.29. The summed E-state index contributed by atoms with van der Waals surface area (Å²) >= 11 is 0. The molecule has 0 aromatic carbocycles. The van der Waals surface area contributed by atoms with Gasteiger partial charge in [0.25, 0.3) is 0 Å². The average Bonchev–Trinajstić information content (AvgIpc) is 2.12. The molecule has 15 heavy (non-hydrogen) atoms. The lowest BCUT2D eigenvalue weighted by Crippen LogP contribution is -2.46. The predicted octanol–water partition coefficient (Wildman–Crippen LogP) is 2.11. The van der Waals surface area contributed by atoms with Crippen molar-refractivity contribution in [1.29, 1.82) is 0 Å². The average molecular weight is 210 g/mol. The summed E-state index contributed by atoms with van der Waals surface area (Å²) in [6, 6.07) is 0. The first kappa shape index (κ1) is 11.4. The second-order valence-electron chi connectivity index (χ2n) is 6.08. The van der Waals surface area contributed by atoms with Crippen LogP contribution in [0.25, 0.3) is 0 Å². The van der Waals surface area contributed by atoms with E-state index in [9.17, 15) is 0 Å². The smallest absolute Gasteiger partial charge is 0.00446 e. The molecule has 2 fully saturated rings. The van der Waals surface area contributed by atoms with Crippen LogP contribution in [-0.2, 0) is 0 Å². The van der Waals surface area contributed by atoms with Gasteiger partial charge in [0.1, 0.15) is 0 Å². The highest BCUT2D eigenvalue weighted by Crippen LogP contribution is 2.30. The molecule has 88 valence electrons. The highest BCUT2D eigenvalue weighted by atomic mass is 15.1. The fourth-order valence-corrected chi connectivity index (χ4v) is 3.09. The first-order valence-electron chi connectivity index (χ1n) is 6.57. The molecule has 0 bridgehead atoms. The molecule has 1 atom stereocenters. The maximum absolute atomic E-state index is 3.54. The van der Waals surface area contributed by atoms with E-state index in [4.69, 9.17) is 0 Å². The third kappa shape index (κ3) is 3.18. The maximum Gasteiger partial charge on any atom is 0.00446 e. The Morgan fingerprint density at radius 3 is 2.67 bits per heavy atom. The third-order valence-electron chi connectivity index (χ3n) is 4.13. The molecule has 2 heteroatoms. The zero-order valence-corrected chi connectivity index (χ0v) is 10.4. The molecule has 0 radical (unpaired) electrons. The standard InChI is InChI=1S/C13H26N2/c1-13(7-4-8-14-10-13)11-15(2)9-12-5-3-6-12/h12,14H,3-11H2,1-2H3. The summed E-state index contributed by atoms with van der Waals surface area (Å²) in [6.45, 7) is 7.48. The van der Waals surface area contributed by atoms with Crippen LogP contribution in [0.5, 0.6) is 0 Å². The first-order valence-corrected chi connectivity index (χ1v) is 6.57. The van der Waals surface area contributed by atoms with Gasteiger partial charge in [0.05, 0.1) is 0 Å². The summed E-state index contributed by atoms with van der Waals surface area (Å²) in [7, 11) is 2.30. The molecule has 0 spiro atoms. The van der Waals surface area contributed by atoms with Gasteiger partial charge < -0.3 is 10.2 Å². The molecule has 2 rings (SSSR count). The number of hydrogen-bond donors (Lipinski definition) is 1. The van der Waals surface area contributed by atoms with Gasteiger partial charge in [-0.05, 0) is 50.6 Å². The fourth-order valence-electron chi connectivity index (χ4n) is 3.09. The fraction of sp³-hybridized carbons (Fsp3) is 1.00. The van der Waals surface area contributed by atoms with E-state index in [1.165, 1.54) is 58.3 Å². The van der Waals surface area contributed by atoms with Crippen LogP contribution >= 0.6 is 0 Å². The molecular weight excluding hydrogens is 184 g/mol. The van der Waals surface area contributed by atoms with Crippen molar-refractivity contribution in [2.75, 3.05) is 33.2 Å². The Morgan fingerprint density at radius 2 is 2.13 bits per heavy atom. The molecular formula is C13H26N2. The van der Waals surface area contributed by atoms with Crippen LogP contribution in [0.1, 0.15) is 39.0 Å². The van der Waals surface area contributed by atoms with E-state index >= 15 is 0 Å². The molecule has 1 aliphatic heterocycles. The summed E-state index contributed by atoms with van der Waals surface area (Å²) in [6.07, 6.45) is 7.17. The minimum Gasteiger partial charge on any atom is -0.316 e. The molecule has 1 heterocycles. The molecule has 0 amide bonds. The van der Waals surface area contributed by atoms with E-state index in [2.05, 4.69) is 24.2 Å². The zero-order chi connectivity index (χ0) is 10.7. The number of rotatable bonds is 4. The maximum atomic E-state index is 3.54. The summed E-state index contributed by atoms with van der Waals surface area (Å²) in [5, 5.41) is 3.54. The lowest BCUT2D eigenvalue weighted by atomic mass is 9.81. The normalized spacial score (nSPS) is 33.0. The number of hydrogen-bond acceptors (Lipinski definition) is 2. The lowest BCUT2D eigenvalue weighted by Gasteiger charge is -2.39. The predicted molar refractivity (Wildman–Crippen MR) is 65.0 cm³/mol. The second-order valence-corrected chi connectivity index (χ2v) is 6.08. The molecule has 0 aromatic rings.